The topological polar surface area (TPSA) is 54.9 Å². The first-order valence-corrected chi connectivity index (χ1v) is 4.31. The standard InChI is InChI=1S/C9H14N2O2/c1-6(2)5-11-9(13)4-8(10-11)7(3)12/h4,6,10H,5H2,1-3H3. The van der Waals surface area contributed by atoms with Crippen molar-refractivity contribution in [2.24, 2.45) is 5.92 Å². The number of hydrogen-bond acceptors (Lipinski definition) is 2. The van der Waals surface area contributed by atoms with Crippen molar-refractivity contribution in [2.45, 2.75) is 27.3 Å². The molecule has 0 amide bonds. The minimum atomic E-state index is -0.140. The van der Waals surface area contributed by atoms with Gasteiger partial charge in [-0.2, -0.15) is 0 Å². The maximum atomic E-state index is 11.3. The second-order valence-corrected chi connectivity index (χ2v) is 3.57. The molecule has 0 aliphatic heterocycles. The molecule has 1 rings (SSSR count). The van der Waals surface area contributed by atoms with Gasteiger partial charge in [-0.25, -0.2) is 0 Å². The monoisotopic (exact) mass is 182 g/mol. The fraction of sp³-hybridized carbons (Fsp3) is 0.556. The van der Waals surface area contributed by atoms with Gasteiger partial charge in [0.2, 0.25) is 0 Å². The SMILES string of the molecule is CC(=O)c1cc(=O)n(CC(C)C)[nH]1. The van der Waals surface area contributed by atoms with Crippen LogP contribution in [0.4, 0.5) is 0 Å². The summed E-state index contributed by atoms with van der Waals surface area (Å²) in [4.78, 5) is 22.2. The molecule has 0 bridgehead atoms. The summed E-state index contributed by atoms with van der Waals surface area (Å²) in [7, 11) is 0. The Morgan fingerprint density at radius 3 is 2.62 bits per heavy atom. The van der Waals surface area contributed by atoms with Gasteiger partial charge in [-0.1, -0.05) is 13.8 Å². The molecule has 4 nitrogen and oxygen atoms in total. The summed E-state index contributed by atoms with van der Waals surface area (Å²) in [5.74, 6) is 0.274. The van der Waals surface area contributed by atoms with Crippen LogP contribution in [0.5, 0.6) is 0 Å². The lowest BCUT2D eigenvalue weighted by atomic mass is 10.2. The fourth-order valence-corrected chi connectivity index (χ4v) is 1.12. The van der Waals surface area contributed by atoms with Gasteiger partial charge in [0.1, 0.15) is 5.69 Å². The van der Waals surface area contributed by atoms with Gasteiger partial charge >= 0.3 is 0 Å². The number of aromatic nitrogens is 2. The highest BCUT2D eigenvalue weighted by atomic mass is 16.1. The Hall–Kier alpha value is -1.32. The van der Waals surface area contributed by atoms with Gasteiger partial charge in [0, 0.05) is 19.5 Å². The van der Waals surface area contributed by atoms with E-state index in [1.54, 1.807) is 0 Å². The Kier molecular flexibility index (Phi) is 2.70. The van der Waals surface area contributed by atoms with E-state index >= 15 is 0 Å². The molecule has 0 aliphatic rings. The van der Waals surface area contributed by atoms with Crippen molar-refractivity contribution in [2.75, 3.05) is 0 Å². The lowest BCUT2D eigenvalue weighted by molar-refractivity contribution is 0.101. The van der Waals surface area contributed by atoms with E-state index in [0.717, 1.165) is 0 Å². The van der Waals surface area contributed by atoms with Crippen LogP contribution in [-0.4, -0.2) is 15.6 Å². The number of Topliss-reactive ketones (excluding diaryl/α,β-unsaturated/α-hetero) is 1. The Morgan fingerprint density at radius 2 is 2.23 bits per heavy atom. The van der Waals surface area contributed by atoms with Crippen molar-refractivity contribution in [3.63, 3.8) is 0 Å². The zero-order valence-electron chi connectivity index (χ0n) is 8.13. The highest BCUT2D eigenvalue weighted by Crippen LogP contribution is 1.97. The summed E-state index contributed by atoms with van der Waals surface area (Å²) in [6.07, 6.45) is 0. The molecule has 0 radical (unpaired) electrons. The van der Waals surface area contributed by atoms with Crippen molar-refractivity contribution >= 4 is 5.78 Å². The van der Waals surface area contributed by atoms with E-state index in [2.05, 4.69) is 5.10 Å². The molecule has 0 aromatic carbocycles. The van der Waals surface area contributed by atoms with Crippen molar-refractivity contribution < 1.29 is 4.79 Å². The van der Waals surface area contributed by atoms with Crippen LogP contribution in [0.1, 0.15) is 31.3 Å². The van der Waals surface area contributed by atoms with Gasteiger partial charge in [0.15, 0.2) is 5.78 Å². The van der Waals surface area contributed by atoms with E-state index in [-0.39, 0.29) is 11.3 Å². The number of carbonyl (C=O) groups excluding carboxylic acids is 1. The third kappa shape index (κ3) is 2.31. The summed E-state index contributed by atoms with van der Waals surface area (Å²) in [5, 5.41) is 2.77. The van der Waals surface area contributed by atoms with Crippen LogP contribution < -0.4 is 5.56 Å². The molecule has 0 saturated carbocycles. The van der Waals surface area contributed by atoms with E-state index in [0.29, 0.717) is 18.2 Å². The quantitative estimate of drug-likeness (QED) is 0.710. The number of nitrogens with one attached hydrogen (secondary N) is 1. The number of H-pyrrole nitrogens is 1. The summed E-state index contributed by atoms with van der Waals surface area (Å²) in [6, 6.07) is 1.34. The average Bonchev–Trinajstić information content (AvgIpc) is 2.31. The molecule has 0 aliphatic carbocycles. The van der Waals surface area contributed by atoms with Crippen molar-refractivity contribution in [3.05, 3.63) is 22.1 Å². The van der Waals surface area contributed by atoms with Gasteiger partial charge in [0.25, 0.3) is 5.56 Å². The first kappa shape index (κ1) is 9.77. The van der Waals surface area contributed by atoms with Gasteiger partial charge in [0.05, 0.1) is 0 Å². The van der Waals surface area contributed by atoms with Crippen LogP contribution >= 0.6 is 0 Å². The van der Waals surface area contributed by atoms with Crippen molar-refractivity contribution in [3.8, 4) is 0 Å². The lowest BCUT2D eigenvalue weighted by Crippen LogP contribution is -2.18. The molecule has 0 atom stereocenters. The Bertz CT molecular complexity index is 360. The minimum Gasteiger partial charge on any atom is -0.293 e. The van der Waals surface area contributed by atoms with Gasteiger partial charge in [-0.05, 0) is 5.92 Å². The maximum absolute atomic E-state index is 11.3. The molecule has 0 unspecified atom stereocenters. The highest BCUT2D eigenvalue weighted by Gasteiger charge is 2.07. The number of rotatable bonds is 3. The molecule has 13 heavy (non-hydrogen) atoms. The average molecular weight is 182 g/mol. The molecule has 1 N–H and O–H groups in total. The predicted octanol–water partition coefficient (Wildman–Crippen LogP) is 1.03. The largest absolute Gasteiger partial charge is 0.293 e. The van der Waals surface area contributed by atoms with Gasteiger partial charge in [-0.3, -0.25) is 19.4 Å². The second-order valence-electron chi connectivity index (χ2n) is 3.57. The molecule has 1 aromatic rings. The van der Waals surface area contributed by atoms with Gasteiger partial charge < -0.3 is 0 Å². The molecular weight excluding hydrogens is 168 g/mol. The fourth-order valence-electron chi connectivity index (χ4n) is 1.12. The lowest BCUT2D eigenvalue weighted by Gasteiger charge is -2.03. The molecule has 4 heteroatoms. The number of ketones is 1. The second kappa shape index (κ2) is 3.60. The van der Waals surface area contributed by atoms with E-state index in [1.807, 2.05) is 13.8 Å². The van der Waals surface area contributed by atoms with Crippen molar-refractivity contribution in [1.29, 1.82) is 0 Å². The number of aromatic amines is 1. The summed E-state index contributed by atoms with van der Waals surface area (Å²) >= 11 is 0. The Labute approximate surface area is 76.6 Å². The van der Waals surface area contributed by atoms with Gasteiger partial charge in [-0.15, -0.1) is 0 Å². The van der Waals surface area contributed by atoms with E-state index in [9.17, 15) is 9.59 Å². The van der Waals surface area contributed by atoms with Crippen LogP contribution in [0.2, 0.25) is 0 Å². The van der Waals surface area contributed by atoms with Crippen LogP contribution in [0.25, 0.3) is 0 Å². The molecule has 1 heterocycles. The molecule has 0 saturated heterocycles. The number of carbonyl (C=O) groups is 1. The van der Waals surface area contributed by atoms with E-state index < -0.39 is 0 Å². The molecule has 72 valence electrons. The minimum absolute atomic E-state index is 0.111. The highest BCUT2D eigenvalue weighted by molar-refractivity contribution is 5.91. The van der Waals surface area contributed by atoms with Crippen LogP contribution in [-0.2, 0) is 6.54 Å². The maximum Gasteiger partial charge on any atom is 0.267 e. The third-order valence-electron chi connectivity index (χ3n) is 1.72. The zero-order valence-corrected chi connectivity index (χ0v) is 8.13. The molecular formula is C9H14N2O2. The van der Waals surface area contributed by atoms with Crippen molar-refractivity contribution in [1.82, 2.24) is 9.78 Å². The van der Waals surface area contributed by atoms with Crippen LogP contribution in [0, 0.1) is 5.92 Å². The number of hydrogen-bond donors (Lipinski definition) is 1. The summed E-state index contributed by atoms with van der Waals surface area (Å²) in [6.45, 7) is 6.08. The predicted molar refractivity (Wildman–Crippen MR) is 49.9 cm³/mol. The van der Waals surface area contributed by atoms with E-state index in [4.69, 9.17) is 0 Å². The Morgan fingerprint density at radius 1 is 1.62 bits per heavy atom. The summed E-state index contributed by atoms with van der Waals surface area (Å²) < 4.78 is 1.46. The zero-order chi connectivity index (χ0) is 10.0. The van der Waals surface area contributed by atoms with Crippen LogP contribution in [0.3, 0.4) is 0 Å². The first-order valence-electron chi connectivity index (χ1n) is 4.31. The number of nitrogens with zero attached hydrogens (tertiary/aromatic N) is 1. The van der Waals surface area contributed by atoms with Crippen LogP contribution in [0.15, 0.2) is 10.9 Å². The smallest absolute Gasteiger partial charge is 0.267 e. The molecule has 0 spiro atoms. The Balaban J connectivity index is 2.97. The first-order chi connectivity index (χ1) is 6.00. The normalized spacial score (nSPS) is 10.8. The molecule has 0 fully saturated rings. The summed E-state index contributed by atoms with van der Waals surface area (Å²) in [5.41, 5.74) is 0.240. The molecule has 1 aromatic heterocycles. The third-order valence-corrected chi connectivity index (χ3v) is 1.72. The van der Waals surface area contributed by atoms with E-state index in [1.165, 1.54) is 17.7 Å².